The fourth-order valence-corrected chi connectivity index (χ4v) is 3.23. The topological polar surface area (TPSA) is 15.4 Å². The van der Waals surface area contributed by atoms with E-state index in [0.29, 0.717) is 6.04 Å². The molecule has 0 aromatic heterocycles. The van der Waals surface area contributed by atoms with Gasteiger partial charge in [-0.15, -0.1) is 0 Å². The second kappa shape index (κ2) is 6.93. The Balaban J connectivity index is 0.000000256. The van der Waals surface area contributed by atoms with Crippen molar-refractivity contribution in [2.75, 3.05) is 0 Å². The molecule has 24 heavy (non-hydrogen) atoms. The van der Waals surface area contributed by atoms with Crippen LogP contribution in [0.3, 0.4) is 0 Å². The van der Waals surface area contributed by atoms with E-state index < -0.39 is 9.14 Å². The Hall–Kier alpha value is 1.67. The summed E-state index contributed by atoms with van der Waals surface area (Å²) in [4.78, 5) is 0. The summed E-state index contributed by atoms with van der Waals surface area (Å²) in [5.41, 5.74) is 1.35. The van der Waals surface area contributed by atoms with Gasteiger partial charge in [-0.25, -0.2) is 0 Å². The van der Waals surface area contributed by atoms with Gasteiger partial charge in [0, 0.05) is 30.0 Å². The van der Waals surface area contributed by atoms with Crippen LogP contribution in [0, 0.1) is 0 Å². The molecule has 2 aliphatic rings. The van der Waals surface area contributed by atoms with Crippen LogP contribution in [0.2, 0.25) is 5.02 Å². The van der Waals surface area contributed by atoms with Gasteiger partial charge in [0.25, 0.3) is 0 Å². The number of benzene rings is 1. The molecule has 1 aliphatic carbocycles. The van der Waals surface area contributed by atoms with Crippen LogP contribution >= 0.6 is 64.6 Å². The normalized spacial score (nSPS) is 29.5. The van der Waals surface area contributed by atoms with E-state index in [2.05, 4.69) is 23.8 Å². The van der Waals surface area contributed by atoms with Crippen LogP contribution in [0.15, 0.2) is 29.4 Å². The van der Waals surface area contributed by atoms with E-state index in [4.69, 9.17) is 69.7 Å². The average Bonchev–Trinajstić information content (AvgIpc) is 2.56. The number of rotatable bonds is 1. The third-order valence-corrected chi connectivity index (χ3v) is 4.22. The molecule has 1 heterocycles. The molecule has 0 N–H and O–H groups in total. The molecule has 1 aromatic carbocycles. The predicted octanol–water partition coefficient (Wildman–Crippen LogP) is 8.30. The molecular weight excluding hydrogens is 566 g/mol. The number of halogens is 7. The molecule has 0 spiro atoms. The predicted molar refractivity (Wildman–Crippen MR) is 110 cm³/mol. The quantitative estimate of drug-likeness (QED) is 0.233. The van der Waals surface area contributed by atoms with Gasteiger partial charge < -0.3 is 0 Å². The maximum atomic E-state index is 5.93. The summed E-state index contributed by atoms with van der Waals surface area (Å²) in [5, 5.41) is 5.72. The third kappa shape index (κ3) is 8.57. The van der Waals surface area contributed by atoms with Crippen molar-refractivity contribution >= 4 is 79.4 Å². The first-order valence-electron chi connectivity index (χ1n) is 7.45. The van der Waals surface area contributed by atoms with Gasteiger partial charge in [-0.1, -0.05) is 22.7 Å². The van der Waals surface area contributed by atoms with E-state index in [1.54, 1.807) is 0 Å². The van der Waals surface area contributed by atoms with E-state index in [-0.39, 0.29) is 5.54 Å². The molecule has 3 rings (SSSR count). The van der Waals surface area contributed by atoms with Gasteiger partial charge in [0.05, 0.1) is 0 Å². The fraction of sp³-hybridized carbons (Fsp3) is 0.571. The van der Waals surface area contributed by atoms with Crippen molar-refractivity contribution in [3.8, 4) is 0 Å². The van der Waals surface area contributed by atoms with Gasteiger partial charge in [-0.2, -0.15) is 0 Å². The molecule has 0 amide bonds. The molecule has 2 atom stereocenters. The van der Waals surface area contributed by atoms with Crippen molar-refractivity contribution in [3.63, 3.8) is 0 Å². The Morgan fingerprint density at radius 1 is 1.04 bits per heavy atom. The fourth-order valence-electron chi connectivity index (χ4n) is 3.10. The van der Waals surface area contributed by atoms with Crippen LogP contribution in [0.25, 0.3) is 0 Å². The van der Waals surface area contributed by atoms with Crippen LogP contribution in [0.1, 0.15) is 39.0 Å². The van der Waals surface area contributed by atoms with E-state index in [9.17, 15) is 0 Å². The molecule has 1 aromatic rings. The first-order chi connectivity index (χ1) is 10.6. The van der Waals surface area contributed by atoms with E-state index in [1.807, 2.05) is 12.1 Å². The molecule has 0 unspecified atom stereocenters. The zero-order valence-corrected chi connectivity index (χ0v) is 20.8. The number of hydrogen-bond donors (Lipinski definition) is 0. The van der Waals surface area contributed by atoms with Crippen LogP contribution in [0.4, 0.5) is 5.69 Å². The maximum absolute atomic E-state index is 5.93. The van der Waals surface area contributed by atoms with Gasteiger partial charge in [-0.3, -0.25) is 0 Å². The zero-order valence-electron chi connectivity index (χ0n) is 12.9. The summed E-state index contributed by atoms with van der Waals surface area (Å²) in [6.45, 7) is 2.29. The summed E-state index contributed by atoms with van der Waals surface area (Å²) in [6.07, 6.45) is 6.36. The summed E-state index contributed by atoms with van der Waals surface area (Å²) in [6, 6.07) is 8.64. The van der Waals surface area contributed by atoms with Gasteiger partial charge in [-0.05, 0) is 37.0 Å². The van der Waals surface area contributed by atoms with Gasteiger partial charge in [0.15, 0.2) is 6.04 Å². The second-order valence-corrected chi connectivity index (χ2v) is 63.8. The Morgan fingerprint density at radius 3 is 2.12 bits per heavy atom. The summed E-state index contributed by atoms with van der Waals surface area (Å²) in [7, 11) is 25.0. The standard InChI is InChI=1S/C14H18ClN2.6ClH.Sb/c1-14-9-3-2-4-13(10-14)17(16-14)12-7-5-11(15)6-8-12;;;;;;;/h5-8,13H,2-4,9-10H2,1H3;6*1H;/q+1;;;;;;;+5/p-6/t13-,14+;;;;;;;/m1......./s1. The molecule has 2 nitrogen and oxygen atoms in total. The van der Waals surface area contributed by atoms with Crippen molar-refractivity contribution in [1.82, 2.24) is 0 Å². The SMILES string of the molecule is C[C@]12CCCC[C@H](C1)[N+](c1ccc(Cl)cc1)=N2.[Cl][Sb-]([Cl])([Cl])([Cl])([Cl])[Cl]. The monoisotopic (exact) mass is 580 g/mol. The number of hydrogen-bond acceptors (Lipinski definition) is 1. The van der Waals surface area contributed by atoms with Gasteiger partial charge >= 0.3 is 62.1 Å². The van der Waals surface area contributed by atoms with E-state index >= 15 is 0 Å². The molecule has 138 valence electrons. The van der Waals surface area contributed by atoms with Gasteiger partial charge in [0.2, 0.25) is 5.69 Å². The molecule has 2 bridgehead atoms. The second-order valence-electron chi connectivity index (χ2n) is 6.48. The molecule has 0 saturated heterocycles. The van der Waals surface area contributed by atoms with Crippen LogP contribution in [0.5, 0.6) is 0 Å². The van der Waals surface area contributed by atoms with Crippen molar-refractivity contribution in [3.05, 3.63) is 29.3 Å². The van der Waals surface area contributed by atoms with Crippen LogP contribution < -0.4 is 0 Å². The minimum atomic E-state index is -5.42. The molecule has 0 radical (unpaired) electrons. The van der Waals surface area contributed by atoms with Crippen molar-refractivity contribution in [2.24, 2.45) is 5.11 Å². The summed E-state index contributed by atoms with van der Waals surface area (Å²) >= 11 is 5.93. The third-order valence-electron chi connectivity index (χ3n) is 3.96. The number of azo groups is 2. The Labute approximate surface area is 167 Å². The minimum absolute atomic E-state index is 0.167. The zero-order chi connectivity index (χ0) is 18.3. The first-order valence-corrected chi connectivity index (χ1v) is 27.2. The summed E-state index contributed by atoms with van der Waals surface area (Å²) in [5.74, 6) is 0. The Morgan fingerprint density at radius 2 is 1.58 bits per heavy atom. The molecular formula is C14H18Cl7N2Sb. The van der Waals surface area contributed by atoms with Crippen LogP contribution in [-0.2, 0) is 0 Å². The molecule has 1 saturated carbocycles. The van der Waals surface area contributed by atoms with Gasteiger partial charge in [0.1, 0.15) is 5.54 Å². The van der Waals surface area contributed by atoms with Crippen molar-refractivity contribution in [1.29, 1.82) is 0 Å². The van der Waals surface area contributed by atoms with Crippen molar-refractivity contribution < 1.29 is 4.70 Å². The number of nitrogens with zero attached hydrogens (tertiary/aromatic N) is 2. The van der Waals surface area contributed by atoms with E-state index in [1.165, 1.54) is 37.8 Å². The average molecular weight is 584 g/mol. The Bertz CT molecular complexity index is 628. The van der Waals surface area contributed by atoms with E-state index in [0.717, 1.165) is 5.02 Å². The number of fused-ring (bicyclic) bond motifs is 2. The first kappa shape index (κ1) is 22.0. The summed E-state index contributed by atoms with van der Waals surface area (Å²) < 4.78 is 2.23. The molecule has 1 aliphatic heterocycles. The Kier molecular flexibility index (Phi) is 6.34. The van der Waals surface area contributed by atoms with Crippen LogP contribution in [-0.4, -0.2) is 25.4 Å². The molecule has 10 heteroatoms. The molecule has 1 fully saturated rings. The van der Waals surface area contributed by atoms with Crippen molar-refractivity contribution in [2.45, 2.75) is 50.6 Å².